The third-order valence-electron chi connectivity index (χ3n) is 2.28. The molecule has 0 atom stereocenters. The molecule has 0 rings (SSSR count). The smallest absolute Gasteiger partial charge is 0.281 e. The topological polar surface area (TPSA) is 97.7 Å². The Morgan fingerprint density at radius 1 is 0.846 bits per heavy atom. The van der Waals surface area contributed by atoms with Gasteiger partial charge in [0.1, 0.15) is 0 Å². The van der Waals surface area contributed by atoms with Gasteiger partial charge >= 0.3 is 33.4 Å². The number of alkyl halides is 9. The van der Waals surface area contributed by atoms with Crippen LogP contribution in [0.4, 0.5) is 44.0 Å². The Balaban J connectivity index is 0. The highest BCUT2D eigenvalue weighted by Gasteiger charge is 2.85. The largest absolute Gasteiger partial charge is 0.460 e. The maximum atomic E-state index is 12.2. The molecular formula is C8H10F10O6S2. The van der Waals surface area contributed by atoms with Crippen LogP contribution in [0.5, 0.6) is 0 Å². The van der Waals surface area contributed by atoms with Gasteiger partial charge in [-0.05, 0) is 10.9 Å². The molecule has 0 spiro atoms. The van der Waals surface area contributed by atoms with Crippen molar-refractivity contribution >= 4 is 20.2 Å². The minimum Gasteiger partial charge on any atom is -0.281 e. The molecule has 0 amide bonds. The van der Waals surface area contributed by atoms with Gasteiger partial charge in [0.2, 0.25) is 0 Å². The first-order chi connectivity index (χ1) is 11.1. The zero-order valence-electron chi connectivity index (χ0n) is 12.2. The summed E-state index contributed by atoms with van der Waals surface area (Å²) in [5.74, 6) is -15.0. The molecule has 160 valence electrons. The van der Waals surface area contributed by atoms with Gasteiger partial charge in [0, 0.05) is 0 Å². The molecule has 26 heavy (non-hydrogen) atoms. The Hall–Kier alpha value is -0.880. The molecule has 0 aliphatic rings. The molecule has 0 aliphatic carbocycles. The van der Waals surface area contributed by atoms with E-state index in [1.54, 1.807) is 0 Å². The fourth-order valence-electron chi connectivity index (χ4n) is 0.875. The van der Waals surface area contributed by atoms with Crippen LogP contribution in [-0.2, 0) is 24.6 Å². The fraction of sp³-hybridized carbons (Fsp3) is 1.00. The molecule has 0 radical (unpaired) electrons. The van der Waals surface area contributed by atoms with Crippen LogP contribution < -0.4 is 0 Å². The van der Waals surface area contributed by atoms with E-state index in [0.29, 0.717) is 12.8 Å². The predicted molar refractivity (Wildman–Crippen MR) is 63.3 cm³/mol. The SMILES string of the molecule is CCCCS(=O)(=O)OF.O=S(=O)(O)C(F)(F)C(F)(F)C(F)(F)C(F)(F)F. The van der Waals surface area contributed by atoms with Crippen molar-refractivity contribution in [2.45, 2.75) is 43.0 Å². The van der Waals surface area contributed by atoms with Crippen molar-refractivity contribution < 1.29 is 69.8 Å². The lowest BCUT2D eigenvalue weighted by atomic mass is 10.1. The Kier molecular flexibility index (Phi) is 8.86. The van der Waals surface area contributed by atoms with Crippen LogP contribution in [0.15, 0.2) is 0 Å². The first-order valence-electron chi connectivity index (χ1n) is 5.82. The Morgan fingerprint density at radius 3 is 1.46 bits per heavy atom. The van der Waals surface area contributed by atoms with Crippen LogP contribution in [0.1, 0.15) is 19.8 Å². The second kappa shape index (κ2) is 8.42. The van der Waals surface area contributed by atoms with E-state index in [1.165, 1.54) is 0 Å². The quantitative estimate of drug-likeness (QED) is 0.467. The highest BCUT2D eigenvalue weighted by Crippen LogP contribution is 2.54. The monoisotopic (exact) mass is 456 g/mol. The van der Waals surface area contributed by atoms with Crippen LogP contribution in [0, 0.1) is 0 Å². The molecule has 18 heteroatoms. The minimum atomic E-state index is -7.37. The van der Waals surface area contributed by atoms with Gasteiger partial charge in [-0.3, -0.25) is 4.55 Å². The van der Waals surface area contributed by atoms with E-state index in [4.69, 9.17) is 4.55 Å². The Morgan fingerprint density at radius 2 is 1.23 bits per heavy atom. The summed E-state index contributed by atoms with van der Waals surface area (Å²) in [5, 5.41) is -7.00. The first-order valence-corrected chi connectivity index (χ1v) is 8.84. The van der Waals surface area contributed by atoms with Gasteiger partial charge < -0.3 is 0 Å². The average molecular weight is 456 g/mol. The summed E-state index contributed by atoms with van der Waals surface area (Å²) in [6, 6.07) is 0. The molecule has 0 aromatic carbocycles. The van der Waals surface area contributed by atoms with Crippen LogP contribution >= 0.6 is 0 Å². The molecule has 0 heterocycles. The Bertz CT molecular complexity index is 653. The van der Waals surface area contributed by atoms with Crippen molar-refractivity contribution in [3.63, 3.8) is 0 Å². The molecule has 0 fully saturated rings. The summed E-state index contributed by atoms with van der Waals surface area (Å²) in [5.41, 5.74) is 0. The van der Waals surface area contributed by atoms with E-state index in [9.17, 15) is 60.9 Å². The lowest BCUT2D eigenvalue weighted by molar-refractivity contribution is -0.382. The van der Waals surface area contributed by atoms with Crippen molar-refractivity contribution in [2.75, 3.05) is 5.75 Å². The van der Waals surface area contributed by atoms with Crippen molar-refractivity contribution in [1.29, 1.82) is 0 Å². The molecule has 0 aromatic rings. The first kappa shape index (κ1) is 27.3. The molecule has 0 bridgehead atoms. The van der Waals surface area contributed by atoms with Crippen LogP contribution in [-0.4, -0.2) is 50.4 Å². The highest BCUT2D eigenvalue weighted by molar-refractivity contribution is 7.87. The molecule has 6 nitrogen and oxygen atoms in total. The number of halogens is 10. The lowest BCUT2D eigenvalue weighted by Gasteiger charge is -2.31. The second-order valence-electron chi connectivity index (χ2n) is 4.32. The zero-order chi connectivity index (χ0) is 21.8. The van der Waals surface area contributed by atoms with E-state index in [-0.39, 0.29) is 5.75 Å². The van der Waals surface area contributed by atoms with Crippen molar-refractivity contribution in [3.8, 4) is 0 Å². The Labute approximate surface area is 139 Å². The van der Waals surface area contributed by atoms with E-state index >= 15 is 0 Å². The maximum Gasteiger partial charge on any atom is 0.460 e. The van der Waals surface area contributed by atoms with E-state index in [2.05, 4.69) is 4.39 Å². The molecule has 0 aromatic heterocycles. The minimum absolute atomic E-state index is 0.236. The fourth-order valence-corrected chi connectivity index (χ4v) is 2.03. The average Bonchev–Trinajstić information content (AvgIpc) is 2.43. The summed E-state index contributed by atoms with van der Waals surface area (Å²) in [6.07, 6.45) is -5.99. The van der Waals surface area contributed by atoms with Gasteiger partial charge in [0.15, 0.2) is 0 Å². The van der Waals surface area contributed by atoms with Gasteiger partial charge in [0.05, 0.1) is 5.75 Å². The van der Waals surface area contributed by atoms with Gasteiger partial charge in [-0.1, -0.05) is 17.7 Å². The summed E-state index contributed by atoms with van der Waals surface area (Å²) in [7, 11) is -11.0. The van der Waals surface area contributed by atoms with Gasteiger partial charge in [-0.15, -0.1) is 0 Å². The third-order valence-corrected chi connectivity index (χ3v) is 4.17. The van der Waals surface area contributed by atoms with E-state index < -0.39 is 43.5 Å². The highest BCUT2D eigenvalue weighted by atomic mass is 32.2. The number of unbranched alkanes of at least 4 members (excludes halogenated alkanes) is 1. The van der Waals surface area contributed by atoms with E-state index in [0.717, 1.165) is 0 Å². The standard InChI is InChI=1S/C4HF9O3S.C4H9FO3S/c5-1(6,3(9,10)11)2(7,8)4(12,13)17(14,15)16;1-2-3-4-9(6,7)8-5/h(H,14,15,16);2-4H2,1H3. The number of rotatable bonds is 7. The molecule has 0 saturated heterocycles. The van der Waals surface area contributed by atoms with Crippen molar-refractivity contribution in [3.05, 3.63) is 0 Å². The summed E-state index contributed by atoms with van der Waals surface area (Å²) in [6.45, 7) is 1.81. The lowest BCUT2D eigenvalue weighted by Crippen LogP contribution is -2.63. The van der Waals surface area contributed by atoms with Crippen LogP contribution in [0.3, 0.4) is 0 Å². The molecular weight excluding hydrogens is 446 g/mol. The summed E-state index contributed by atoms with van der Waals surface area (Å²) in [4.78, 5) is 0. The molecule has 1 N–H and O–H groups in total. The van der Waals surface area contributed by atoms with Gasteiger partial charge in [-0.2, -0.15) is 56.3 Å². The van der Waals surface area contributed by atoms with Crippen molar-refractivity contribution in [2.24, 2.45) is 0 Å². The van der Waals surface area contributed by atoms with Gasteiger partial charge in [0.25, 0.3) is 10.1 Å². The predicted octanol–water partition coefficient (Wildman–Crippen LogP) is 3.32. The van der Waals surface area contributed by atoms with Crippen LogP contribution in [0.25, 0.3) is 0 Å². The van der Waals surface area contributed by atoms with Crippen LogP contribution in [0.2, 0.25) is 0 Å². The van der Waals surface area contributed by atoms with Gasteiger partial charge in [-0.25, -0.2) is 0 Å². The maximum absolute atomic E-state index is 12.2. The molecule has 0 unspecified atom stereocenters. The summed E-state index contributed by atoms with van der Waals surface area (Å²) >= 11 is 0. The zero-order valence-corrected chi connectivity index (χ0v) is 13.8. The second-order valence-corrected chi connectivity index (χ2v) is 7.43. The van der Waals surface area contributed by atoms with Crippen molar-refractivity contribution in [1.82, 2.24) is 0 Å². The summed E-state index contributed by atoms with van der Waals surface area (Å²) < 4.78 is 168. The number of hydrogen-bond acceptors (Lipinski definition) is 5. The third kappa shape index (κ3) is 6.08. The van der Waals surface area contributed by atoms with E-state index in [1.807, 2.05) is 6.92 Å². The molecule has 0 saturated carbocycles. The molecule has 0 aliphatic heterocycles. The normalized spacial score (nSPS) is 14.6. The number of hydrogen-bond donors (Lipinski definition) is 1.